The maximum Gasteiger partial charge on any atom is 0.270 e. The molecule has 0 saturated heterocycles. The summed E-state index contributed by atoms with van der Waals surface area (Å²) in [4.78, 5) is 28.0. The van der Waals surface area contributed by atoms with Gasteiger partial charge in [0.05, 0.1) is 17.8 Å². The van der Waals surface area contributed by atoms with E-state index in [2.05, 4.69) is 10.6 Å². The van der Waals surface area contributed by atoms with Crippen molar-refractivity contribution in [2.45, 2.75) is 38.1 Å². The van der Waals surface area contributed by atoms with Crippen molar-refractivity contribution in [2.24, 2.45) is 0 Å². The Morgan fingerprint density at radius 3 is 2.36 bits per heavy atom. The van der Waals surface area contributed by atoms with Crippen LogP contribution in [-0.2, 0) is 14.9 Å². The van der Waals surface area contributed by atoms with Crippen molar-refractivity contribution >= 4 is 38.7 Å². The van der Waals surface area contributed by atoms with Gasteiger partial charge in [0.25, 0.3) is 20.9 Å². The lowest BCUT2D eigenvalue weighted by Crippen LogP contribution is -2.38. The Labute approximate surface area is 167 Å². The molecule has 28 heavy (non-hydrogen) atoms. The third-order valence-electron chi connectivity index (χ3n) is 4.24. The van der Waals surface area contributed by atoms with Crippen molar-refractivity contribution in [3.63, 3.8) is 0 Å². The summed E-state index contributed by atoms with van der Waals surface area (Å²) in [7, 11) is -3.09. The van der Waals surface area contributed by atoms with Gasteiger partial charge in [-0.15, -0.1) is 0 Å². The Bertz CT molecular complexity index is 1040. The zero-order valence-corrected chi connectivity index (χ0v) is 17.4. The highest BCUT2D eigenvalue weighted by molar-refractivity contribution is 7.89. The monoisotopic (exact) mass is 431 g/mol. The highest BCUT2D eigenvalue weighted by Crippen LogP contribution is 2.40. The van der Waals surface area contributed by atoms with Crippen LogP contribution in [0.4, 0.5) is 17.1 Å². The highest BCUT2D eigenvalue weighted by Gasteiger charge is 2.31. The number of phenolic OH excluding ortho intramolecular Hbond substituents is 1. The number of rotatable bonds is 9. The van der Waals surface area contributed by atoms with E-state index in [1.54, 1.807) is 6.92 Å². The molecule has 0 spiro atoms. The van der Waals surface area contributed by atoms with E-state index in [0.717, 1.165) is 6.42 Å². The van der Waals surface area contributed by atoms with Gasteiger partial charge in [0.15, 0.2) is 5.75 Å². The van der Waals surface area contributed by atoms with Crippen LogP contribution in [0.15, 0.2) is 26.6 Å². The number of hydroxylamine groups is 1. The summed E-state index contributed by atoms with van der Waals surface area (Å²) in [5, 5.41) is 15.9. The number of aromatic hydroxyl groups is 1. The summed E-state index contributed by atoms with van der Waals surface area (Å²) in [5.41, 5.74) is -1.50. The summed E-state index contributed by atoms with van der Waals surface area (Å²) in [5.74, 6) is -0.689. The van der Waals surface area contributed by atoms with E-state index in [1.165, 1.54) is 19.2 Å². The van der Waals surface area contributed by atoms with E-state index >= 15 is 0 Å². The lowest BCUT2D eigenvalue weighted by atomic mass is 10.1. The normalized spacial score (nSPS) is 13.1. The predicted octanol–water partition coefficient (Wildman–Crippen LogP) is 2.17. The van der Waals surface area contributed by atoms with Gasteiger partial charge in [-0.1, -0.05) is 23.0 Å². The van der Waals surface area contributed by atoms with E-state index in [1.807, 2.05) is 13.8 Å². The molecule has 0 bridgehead atoms. The molecule has 0 aliphatic heterocycles. The van der Waals surface area contributed by atoms with Crippen LogP contribution in [0.5, 0.6) is 5.75 Å². The van der Waals surface area contributed by atoms with Crippen molar-refractivity contribution in [1.29, 1.82) is 0 Å². The van der Waals surface area contributed by atoms with Crippen LogP contribution in [0.25, 0.3) is 0 Å². The number of nitrogens with one attached hydrogen (secondary N) is 2. The minimum atomic E-state index is -4.26. The minimum absolute atomic E-state index is 0.0205. The zero-order chi connectivity index (χ0) is 21.2. The van der Waals surface area contributed by atoms with Crippen molar-refractivity contribution in [3.8, 4) is 5.75 Å². The van der Waals surface area contributed by atoms with Crippen LogP contribution in [0.1, 0.15) is 27.2 Å². The molecule has 0 aliphatic rings. The summed E-state index contributed by atoms with van der Waals surface area (Å²) < 4.78 is 26.1. The van der Waals surface area contributed by atoms with Gasteiger partial charge in [0.1, 0.15) is 16.3 Å². The molecule has 2 rings (SSSR count). The topological polar surface area (TPSA) is 125 Å². The SMILES string of the molecule is CC[C@@H](C)Nc1c(Nc2ccc(Cl)c(S(=O)(=O)N(CC)OC)c2O)c(=O)c1=O. The lowest BCUT2D eigenvalue weighted by Gasteiger charge is -2.21. The number of hydrogen-bond acceptors (Lipinski definition) is 8. The second-order valence-electron chi connectivity index (χ2n) is 6.07. The Hall–Kier alpha value is -2.14. The Morgan fingerprint density at radius 2 is 1.82 bits per heavy atom. The average molecular weight is 432 g/mol. The Kier molecular flexibility index (Phi) is 6.71. The smallest absolute Gasteiger partial charge is 0.270 e. The second-order valence-corrected chi connectivity index (χ2v) is 8.24. The molecule has 0 amide bonds. The van der Waals surface area contributed by atoms with Gasteiger partial charge in [-0.2, -0.15) is 0 Å². The van der Waals surface area contributed by atoms with Gasteiger partial charge in [-0.05, 0) is 32.4 Å². The Balaban J connectivity index is 2.50. The number of nitrogens with zero attached hydrogens (tertiary/aromatic N) is 1. The number of sulfonamides is 1. The molecule has 1 atom stereocenters. The molecule has 2 aromatic rings. The number of phenols is 1. The minimum Gasteiger partial charge on any atom is -0.504 e. The fourth-order valence-electron chi connectivity index (χ4n) is 2.52. The van der Waals surface area contributed by atoms with E-state index in [4.69, 9.17) is 16.4 Å². The van der Waals surface area contributed by atoms with Crippen LogP contribution in [-0.4, -0.2) is 37.7 Å². The Morgan fingerprint density at radius 1 is 1.21 bits per heavy atom. The average Bonchev–Trinajstić information content (AvgIpc) is 2.65. The molecule has 9 nitrogen and oxygen atoms in total. The lowest BCUT2D eigenvalue weighted by molar-refractivity contribution is -0.0443. The fourth-order valence-corrected chi connectivity index (χ4v) is 4.38. The predicted molar refractivity (Wildman–Crippen MR) is 108 cm³/mol. The summed E-state index contributed by atoms with van der Waals surface area (Å²) in [6.07, 6.45) is 0.719. The van der Waals surface area contributed by atoms with Crippen LogP contribution < -0.4 is 21.5 Å². The van der Waals surface area contributed by atoms with Gasteiger partial charge >= 0.3 is 0 Å². The molecule has 0 aromatic heterocycles. The quantitative estimate of drug-likeness (QED) is 0.313. The van der Waals surface area contributed by atoms with Gasteiger partial charge in [0.2, 0.25) is 0 Å². The first-order valence-electron chi connectivity index (χ1n) is 8.55. The van der Waals surface area contributed by atoms with Crippen molar-refractivity contribution in [2.75, 3.05) is 24.3 Å². The van der Waals surface area contributed by atoms with Crippen molar-refractivity contribution < 1.29 is 18.4 Å². The molecular formula is C17H22ClN3O6S. The molecule has 0 fully saturated rings. The van der Waals surface area contributed by atoms with Crippen LogP contribution in [0.3, 0.4) is 0 Å². The van der Waals surface area contributed by atoms with Gasteiger partial charge in [0, 0.05) is 12.6 Å². The van der Waals surface area contributed by atoms with E-state index in [0.29, 0.717) is 4.47 Å². The number of hydrogen-bond donors (Lipinski definition) is 3. The standard InChI is InChI=1S/C17H22ClN3O6S/c1-5-9(3)19-12-13(16(24)15(12)23)20-11-8-7-10(18)17(14(11)22)28(25,26)21(6-2)27-4/h7-9,19-20,22H,5-6H2,1-4H3/t9-/m1/s1. The molecule has 154 valence electrons. The highest BCUT2D eigenvalue weighted by atomic mass is 35.5. The summed E-state index contributed by atoms with van der Waals surface area (Å²) in [6, 6.07) is 2.51. The largest absolute Gasteiger partial charge is 0.504 e. The van der Waals surface area contributed by atoms with Crippen LogP contribution in [0, 0.1) is 0 Å². The van der Waals surface area contributed by atoms with Crippen molar-refractivity contribution in [3.05, 3.63) is 37.6 Å². The maximum absolute atomic E-state index is 12.7. The molecule has 0 radical (unpaired) electrons. The molecule has 0 heterocycles. The van der Waals surface area contributed by atoms with E-state index < -0.39 is 31.5 Å². The number of halogens is 1. The van der Waals surface area contributed by atoms with Gasteiger partial charge in [-0.3, -0.25) is 14.4 Å². The van der Waals surface area contributed by atoms with Crippen molar-refractivity contribution in [1.82, 2.24) is 4.47 Å². The molecule has 0 unspecified atom stereocenters. The first-order chi connectivity index (χ1) is 13.1. The summed E-state index contributed by atoms with van der Waals surface area (Å²) >= 11 is 6.00. The first-order valence-corrected chi connectivity index (χ1v) is 10.4. The van der Waals surface area contributed by atoms with Crippen LogP contribution >= 0.6 is 11.6 Å². The van der Waals surface area contributed by atoms with Gasteiger partial charge < -0.3 is 15.7 Å². The fraction of sp³-hybridized carbons (Fsp3) is 0.412. The molecule has 0 aliphatic carbocycles. The number of anilines is 3. The molecule has 3 N–H and O–H groups in total. The number of benzene rings is 1. The molecule has 2 aromatic carbocycles. The van der Waals surface area contributed by atoms with Crippen LogP contribution in [0.2, 0.25) is 5.02 Å². The van der Waals surface area contributed by atoms with E-state index in [-0.39, 0.29) is 34.7 Å². The summed E-state index contributed by atoms with van der Waals surface area (Å²) in [6.45, 7) is 5.28. The molecule has 0 saturated carbocycles. The van der Waals surface area contributed by atoms with E-state index in [9.17, 15) is 23.1 Å². The second kappa shape index (κ2) is 8.48. The first kappa shape index (κ1) is 22.2. The third kappa shape index (κ3) is 3.86. The van der Waals surface area contributed by atoms with Gasteiger partial charge in [-0.25, -0.2) is 8.42 Å². The molecular weight excluding hydrogens is 410 g/mol. The zero-order valence-electron chi connectivity index (χ0n) is 15.9. The maximum atomic E-state index is 12.7. The third-order valence-corrected chi connectivity index (χ3v) is 6.54. The molecule has 11 heteroatoms.